The largest absolute Gasteiger partial charge is 0.325 e. The summed E-state index contributed by atoms with van der Waals surface area (Å²) in [6.07, 6.45) is 0.144. The monoisotopic (exact) mass is 394 g/mol. The molecule has 0 atom stereocenters. The Balaban J connectivity index is 1.56. The van der Waals surface area contributed by atoms with E-state index in [0.29, 0.717) is 16.5 Å². The molecule has 3 amide bonds. The molecule has 1 aromatic heterocycles. The molecule has 3 N–H and O–H groups in total. The van der Waals surface area contributed by atoms with E-state index in [-0.39, 0.29) is 18.4 Å². The minimum atomic E-state index is -0.369. The molecular formula is C21H22N4O2S. The summed E-state index contributed by atoms with van der Waals surface area (Å²) in [6, 6.07) is 13.0. The number of carbonyl (C=O) groups is 2. The summed E-state index contributed by atoms with van der Waals surface area (Å²) in [7, 11) is 0. The number of benzene rings is 2. The van der Waals surface area contributed by atoms with Crippen molar-refractivity contribution in [2.45, 2.75) is 27.2 Å². The minimum absolute atomic E-state index is 0.140. The van der Waals surface area contributed by atoms with Gasteiger partial charge in [-0.25, -0.2) is 9.78 Å². The number of aromatic nitrogens is 1. The van der Waals surface area contributed by atoms with Crippen LogP contribution < -0.4 is 16.0 Å². The molecule has 7 heteroatoms. The van der Waals surface area contributed by atoms with E-state index < -0.39 is 0 Å². The topological polar surface area (TPSA) is 83.1 Å². The number of hydrogen-bond donors (Lipinski definition) is 3. The molecular weight excluding hydrogens is 372 g/mol. The normalized spacial score (nSPS) is 10.4. The fourth-order valence-corrected chi connectivity index (χ4v) is 3.49. The van der Waals surface area contributed by atoms with E-state index in [9.17, 15) is 9.59 Å². The summed E-state index contributed by atoms with van der Waals surface area (Å²) in [5.41, 5.74) is 5.24. The molecule has 3 rings (SSSR count). The van der Waals surface area contributed by atoms with Gasteiger partial charge in [0.1, 0.15) is 0 Å². The third-order valence-electron chi connectivity index (χ3n) is 4.14. The van der Waals surface area contributed by atoms with Crippen LogP contribution in [0.15, 0.2) is 47.8 Å². The van der Waals surface area contributed by atoms with E-state index >= 15 is 0 Å². The molecule has 0 aliphatic carbocycles. The number of para-hydroxylation sites is 1. The number of urea groups is 1. The van der Waals surface area contributed by atoms with Gasteiger partial charge in [-0.15, -0.1) is 11.3 Å². The predicted molar refractivity (Wildman–Crippen MR) is 114 cm³/mol. The third-order valence-corrected chi connectivity index (χ3v) is 4.94. The maximum Gasteiger partial charge on any atom is 0.325 e. The van der Waals surface area contributed by atoms with Crippen molar-refractivity contribution in [2.75, 3.05) is 16.0 Å². The molecule has 0 saturated carbocycles. The highest BCUT2D eigenvalue weighted by molar-refractivity contribution is 7.14. The van der Waals surface area contributed by atoms with Gasteiger partial charge in [-0.1, -0.05) is 30.3 Å². The molecule has 3 aromatic rings. The number of anilines is 3. The molecule has 0 unspecified atom stereocenters. The van der Waals surface area contributed by atoms with Crippen LogP contribution >= 0.6 is 11.3 Å². The Morgan fingerprint density at radius 1 is 0.964 bits per heavy atom. The highest BCUT2D eigenvalue weighted by atomic mass is 32.1. The van der Waals surface area contributed by atoms with Gasteiger partial charge < -0.3 is 10.6 Å². The molecule has 0 radical (unpaired) electrons. The standard InChI is InChI=1S/C21H22N4O2S/c1-13-6-4-9-16(10-13)22-20(27)25-21-23-17(12-28-21)11-18(26)24-19-14(2)7-5-8-15(19)3/h4-10,12H,11H2,1-3H3,(H,24,26)(H2,22,23,25,27). The summed E-state index contributed by atoms with van der Waals surface area (Å²) in [5, 5.41) is 10.6. The number of amides is 3. The lowest BCUT2D eigenvalue weighted by molar-refractivity contribution is -0.115. The number of hydrogen-bond acceptors (Lipinski definition) is 4. The van der Waals surface area contributed by atoms with Crippen LogP contribution in [0.2, 0.25) is 0 Å². The van der Waals surface area contributed by atoms with Crippen molar-refractivity contribution in [3.05, 3.63) is 70.2 Å². The van der Waals surface area contributed by atoms with Crippen molar-refractivity contribution >= 4 is 39.8 Å². The van der Waals surface area contributed by atoms with Gasteiger partial charge >= 0.3 is 6.03 Å². The second-order valence-corrected chi connectivity index (χ2v) is 7.44. The molecule has 1 heterocycles. The molecule has 0 aliphatic rings. The lowest BCUT2D eigenvalue weighted by atomic mass is 10.1. The first kappa shape index (κ1) is 19.6. The van der Waals surface area contributed by atoms with Crippen LogP contribution in [-0.2, 0) is 11.2 Å². The third kappa shape index (κ3) is 5.17. The Morgan fingerprint density at radius 2 is 1.68 bits per heavy atom. The summed E-state index contributed by atoms with van der Waals surface area (Å²) in [5.74, 6) is -0.140. The average molecular weight is 395 g/mol. The van der Waals surface area contributed by atoms with E-state index in [4.69, 9.17) is 0 Å². The second-order valence-electron chi connectivity index (χ2n) is 6.58. The number of nitrogens with one attached hydrogen (secondary N) is 3. The van der Waals surface area contributed by atoms with Crippen LogP contribution in [0, 0.1) is 20.8 Å². The average Bonchev–Trinajstić information content (AvgIpc) is 3.05. The van der Waals surface area contributed by atoms with Crippen LogP contribution in [-0.4, -0.2) is 16.9 Å². The molecule has 0 fully saturated rings. The van der Waals surface area contributed by atoms with Gasteiger partial charge in [-0.05, 0) is 49.6 Å². The number of carbonyl (C=O) groups excluding carboxylic acids is 2. The molecule has 144 valence electrons. The zero-order valence-electron chi connectivity index (χ0n) is 16.0. The molecule has 0 aliphatic heterocycles. The van der Waals surface area contributed by atoms with Crippen LogP contribution in [0.25, 0.3) is 0 Å². The zero-order chi connectivity index (χ0) is 20.1. The molecule has 6 nitrogen and oxygen atoms in total. The number of thiazole rings is 1. The van der Waals surface area contributed by atoms with Crippen molar-refractivity contribution in [1.29, 1.82) is 0 Å². The zero-order valence-corrected chi connectivity index (χ0v) is 16.8. The fourth-order valence-electron chi connectivity index (χ4n) is 2.79. The van der Waals surface area contributed by atoms with Crippen LogP contribution in [0.3, 0.4) is 0 Å². The lowest BCUT2D eigenvalue weighted by Crippen LogP contribution is -2.19. The Morgan fingerprint density at radius 3 is 2.39 bits per heavy atom. The van der Waals surface area contributed by atoms with E-state index in [1.54, 1.807) is 5.38 Å². The van der Waals surface area contributed by atoms with Crippen LogP contribution in [0.4, 0.5) is 21.3 Å². The Bertz CT molecular complexity index is 993. The quantitative estimate of drug-likeness (QED) is 0.576. The number of nitrogens with zero attached hydrogens (tertiary/aromatic N) is 1. The first-order valence-corrected chi connectivity index (χ1v) is 9.74. The van der Waals surface area contributed by atoms with Gasteiger partial charge in [0.2, 0.25) is 5.91 Å². The van der Waals surface area contributed by atoms with Crippen molar-refractivity contribution in [1.82, 2.24) is 4.98 Å². The molecule has 0 spiro atoms. The van der Waals surface area contributed by atoms with E-state index in [2.05, 4.69) is 20.9 Å². The first-order chi connectivity index (χ1) is 13.4. The van der Waals surface area contributed by atoms with Gasteiger partial charge in [0.15, 0.2) is 5.13 Å². The van der Waals surface area contributed by atoms with E-state index in [1.807, 2.05) is 63.2 Å². The second kappa shape index (κ2) is 8.67. The van der Waals surface area contributed by atoms with Gasteiger partial charge in [0.25, 0.3) is 0 Å². The Kier molecular flexibility index (Phi) is 6.06. The van der Waals surface area contributed by atoms with Crippen LogP contribution in [0.1, 0.15) is 22.4 Å². The van der Waals surface area contributed by atoms with E-state index in [0.717, 1.165) is 22.4 Å². The van der Waals surface area contributed by atoms with Gasteiger partial charge in [0, 0.05) is 16.8 Å². The lowest BCUT2D eigenvalue weighted by Gasteiger charge is -2.10. The van der Waals surface area contributed by atoms with Crippen molar-refractivity contribution < 1.29 is 9.59 Å². The van der Waals surface area contributed by atoms with Crippen molar-refractivity contribution in [2.24, 2.45) is 0 Å². The van der Waals surface area contributed by atoms with Crippen molar-refractivity contribution in [3.63, 3.8) is 0 Å². The Labute approximate surface area is 168 Å². The SMILES string of the molecule is Cc1cccc(NC(=O)Nc2nc(CC(=O)Nc3c(C)cccc3C)cs2)c1. The number of rotatable bonds is 5. The Hall–Kier alpha value is -3.19. The highest BCUT2D eigenvalue weighted by Crippen LogP contribution is 2.21. The van der Waals surface area contributed by atoms with Crippen molar-refractivity contribution in [3.8, 4) is 0 Å². The maximum absolute atomic E-state index is 12.3. The summed E-state index contributed by atoms with van der Waals surface area (Å²) < 4.78 is 0. The molecule has 2 aromatic carbocycles. The van der Waals surface area contributed by atoms with Gasteiger partial charge in [0.05, 0.1) is 12.1 Å². The van der Waals surface area contributed by atoms with Crippen LogP contribution in [0.5, 0.6) is 0 Å². The van der Waals surface area contributed by atoms with E-state index in [1.165, 1.54) is 11.3 Å². The summed E-state index contributed by atoms with van der Waals surface area (Å²) in [4.78, 5) is 28.8. The molecule has 28 heavy (non-hydrogen) atoms. The van der Waals surface area contributed by atoms with Gasteiger partial charge in [-0.3, -0.25) is 10.1 Å². The number of aryl methyl sites for hydroxylation is 3. The maximum atomic E-state index is 12.3. The highest BCUT2D eigenvalue weighted by Gasteiger charge is 2.12. The smallest absolute Gasteiger partial charge is 0.325 e. The molecule has 0 bridgehead atoms. The van der Waals surface area contributed by atoms with Gasteiger partial charge in [-0.2, -0.15) is 0 Å². The first-order valence-electron chi connectivity index (χ1n) is 8.86. The molecule has 0 saturated heterocycles. The predicted octanol–water partition coefficient (Wildman–Crippen LogP) is 4.89. The summed E-state index contributed by atoms with van der Waals surface area (Å²) >= 11 is 1.28. The minimum Gasteiger partial charge on any atom is -0.325 e. The summed E-state index contributed by atoms with van der Waals surface area (Å²) in [6.45, 7) is 5.88. The fraction of sp³-hybridized carbons (Fsp3) is 0.190.